The average Bonchev–Trinajstić information content (AvgIpc) is 2.97. The van der Waals surface area contributed by atoms with E-state index in [9.17, 15) is 0 Å². The van der Waals surface area contributed by atoms with Gasteiger partial charge in [-0.25, -0.2) is 4.98 Å². The van der Waals surface area contributed by atoms with Gasteiger partial charge in [-0.3, -0.25) is 5.41 Å². The highest BCUT2D eigenvalue weighted by atomic mass is 32.1. The smallest absolute Gasteiger partial charge is 0.136 e. The van der Waals surface area contributed by atoms with Gasteiger partial charge in [-0.05, 0) is 37.3 Å². The zero-order chi connectivity index (χ0) is 15.8. The van der Waals surface area contributed by atoms with Crippen LogP contribution >= 0.6 is 11.3 Å². The Morgan fingerprint density at radius 3 is 2.96 bits per heavy atom. The van der Waals surface area contributed by atoms with Crippen LogP contribution in [0, 0.1) is 5.41 Å². The average molecular weight is 325 g/mol. The zero-order valence-corrected chi connectivity index (χ0v) is 13.9. The molecule has 1 N–H and O–H groups in total. The number of rotatable bonds is 3. The second-order valence-corrected chi connectivity index (χ2v) is 7.01. The molecular formula is C18H19N3OS. The maximum atomic E-state index is 8.66. The van der Waals surface area contributed by atoms with Crippen LogP contribution in [0.5, 0.6) is 5.75 Å². The molecule has 1 aliphatic carbocycles. The molecule has 0 spiro atoms. The van der Waals surface area contributed by atoms with E-state index in [0.29, 0.717) is 12.0 Å². The van der Waals surface area contributed by atoms with Gasteiger partial charge in [0.1, 0.15) is 16.1 Å². The summed E-state index contributed by atoms with van der Waals surface area (Å²) in [5, 5.41) is 9.72. The largest absolute Gasteiger partial charge is 0.496 e. The number of aryl methyl sites for hydroxylation is 2. The Hall–Kier alpha value is -2.14. The lowest BCUT2D eigenvalue weighted by Crippen LogP contribution is -2.22. The first-order chi connectivity index (χ1) is 11.3. The van der Waals surface area contributed by atoms with Gasteiger partial charge in [0.25, 0.3) is 0 Å². The van der Waals surface area contributed by atoms with Crippen LogP contribution in [-0.2, 0) is 19.4 Å². The Morgan fingerprint density at radius 2 is 2.09 bits per heavy atom. The fourth-order valence-corrected chi connectivity index (χ4v) is 4.58. The van der Waals surface area contributed by atoms with Crippen LogP contribution in [0.3, 0.4) is 0 Å². The third-order valence-electron chi connectivity index (χ3n) is 4.52. The van der Waals surface area contributed by atoms with Crippen molar-refractivity contribution in [2.45, 2.75) is 32.2 Å². The molecule has 0 radical (unpaired) electrons. The molecule has 0 bridgehead atoms. The summed E-state index contributed by atoms with van der Waals surface area (Å²) in [6.07, 6.45) is 6.50. The van der Waals surface area contributed by atoms with E-state index in [2.05, 4.69) is 4.98 Å². The fourth-order valence-electron chi connectivity index (χ4n) is 3.35. The van der Waals surface area contributed by atoms with Crippen LogP contribution in [0.15, 0.2) is 30.6 Å². The second-order valence-electron chi connectivity index (χ2n) is 5.92. The van der Waals surface area contributed by atoms with Gasteiger partial charge in [0.15, 0.2) is 0 Å². The monoisotopic (exact) mass is 325 g/mol. The summed E-state index contributed by atoms with van der Waals surface area (Å²) in [5.74, 6) is 0.854. The van der Waals surface area contributed by atoms with Crippen LogP contribution in [0.25, 0.3) is 10.2 Å². The number of fused-ring (bicyclic) bond motifs is 3. The molecule has 2 aromatic heterocycles. The first kappa shape index (κ1) is 14.5. The highest BCUT2D eigenvalue weighted by molar-refractivity contribution is 7.18. The van der Waals surface area contributed by atoms with Crippen molar-refractivity contribution in [3.8, 4) is 5.75 Å². The predicted molar refractivity (Wildman–Crippen MR) is 92.2 cm³/mol. The van der Waals surface area contributed by atoms with Crippen LogP contribution in [0.2, 0.25) is 0 Å². The number of nitrogens with zero attached hydrogens (tertiary/aromatic N) is 2. The van der Waals surface area contributed by atoms with E-state index in [0.717, 1.165) is 34.4 Å². The van der Waals surface area contributed by atoms with Gasteiger partial charge in [-0.1, -0.05) is 18.2 Å². The molecule has 0 fully saturated rings. The van der Waals surface area contributed by atoms with Gasteiger partial charge in [0.2, 0.25) is 0 Å². The van der Waals surface area contributed by atoms with Gasteiger partial charge in [-0.15, -0.1) is 11.3 Å². The minimum Gasteiger partial charge on any atom is -0.496 e. The van der Waals surface area contributed by atoms with Crippen molar-refractivity contribution < 1.29 is 4.74 Å². The summed E-state index contributed by atoms with van der Waals surface area (Å²) in [4.78, 5) is 7.06. The topological polar surface area (TPSA) is 50.9 Å². The third kappa shape index (κ3) is 2.45. The van der Waals surface area contributed by atoms with Crippen molar-refractivity contribution in [3.63, 3.8) is 0 Å². The summed E-state index contributed by atoms with van der Waals surface area (Å²) in [6.45, 7) is 0.608. The quantitative estimate of drug-likeness (QED) is 0.801. The number of nitrogens with one attached hydrogen (secondary N) is 1. The van der Waals surface area contributed by atoms with E-state index in [1.165, 1.54) is 23.3 Å². The molecule has 0 amide bonds. The second kappa shape index (κ2) is 5.81. The van der Waals surface area contributed by atoms with E-state index in [-0.39, 0.29) is 0 Å². The molecule has 5 heteroatoms. The van der Waals surface area contributed by atoms with Gasteiger partial charge < -0.3 is 9.30 Å². The normalized spacial score (nSPS) is 14.0. The van der Waals surface area contributed by atoms with Crippen LogP contribution in [0.1, 0.15) is 28.8 Å². The Morgan fingerprint density at radius 1 is 1.26 bits per heavy atom. The third-order valence-corrected chi connectivity index (χ3v) is 5.72. The van der Waals surface area contributed by atoms with Crippen molar-refractivity contribution in [1.82, 2.24) is 9.55 Å². The molecule has 1 aromatic carbocycles. The maximum Gasteiger partial charge on any atom is 0.136 e. The number of hydrogen-bond donors (Lipinski definition) is 1. The SMILES string of the molecule is COc1ccccc1Cn1cnc2sc3c(c2c1=N)CCCC3. The molecule has 4 rings (SSSR count). The van der Waals surface area contributed by atoms with Crippen LogP contribution in [0.4, 0.5) is 0 Å². The van der Waals surface area contributed by atoms with E-state index in [1.807, 2.05) is 28.8 Å². The molecule has 2 heterocycles. The Bertz CT molecular complexity index is 926. The number of thiophene rings is 1. The van der Waals surface area contributed by atoms with Crippen molar-refractivity contribution in [2.24, 2.45) is 0 Å². The highest BCUT2D eigenvalue weighted by Crippen LogP contribution is 2.33. The van der Waals surface area contributed by atoms with Crippen molar-refractivity contribution in [3.05, 3.63) is 52.1 Å². The highest BCUT2D eigenvalue weighted by Gasteiger charge is 2.18. The lowest BCUT2D eigenvalue weighted by molar-refractivity contribution is 0.408. The molecule has 118 valence electrons. The maximum absolute atomic E-state index is 8.66. The molecule has 4 nitrogen and oxygen atoms in total. The van der Waals surface area contributed by atoms with E-state index < -0.39 is 0 Å². The molecule has 0 unspecified atom stereocenters. The molecule has 0 saturated heterocycles. The summed E-state index contributed by atoms with van der Waals surface area (Å²) in [7, 11) is 1.68. The van der Waals surface area contributed by atoms with E-state index in [4.69, 9.17) is 10.1 Å². The molecule has 0 aliphatic heterocycles. The number of benzene rings is 1. The number of para-hydroxylation sites is 1. The summed E-state index contributed by atoms with van der Waals surface area (Å²) >= 11 is 1.77. The summed E-state index contributed by atoms with van der Waals surface area (Å²) in [5.41, 5.74) is 3.00. The number of aromatic nitrogens is 2. The predicted octanol–water partition coefficient (Wildman–Crippen LogP) is 3.51. The first-order valence-electron chi connectivity index (χ1n) is 7.94. The van der Waals surface area contributed by atoms with Crippen molar-refractivity contribution in [2.75, 3.05) is 7.11 Å². The Kier molecular flexibility index (Phi) is 3.65. The van der Waals surface area contributed by atoms with Crippen molar-refractivity contribution >= 4 is 21.6 Å². The van der Waals surface area contributed by atoms with E-state index in [1.54, 1.807) is 24.8 Å². The van der Waals surface area contributed by atoms with Crippen LogP contribution < -0.4 is 10.2 Å². The van der Waals surface area contributed by atoms with Gasteiger partial charge in [0, 0.05) is 10.4 Å². The Balaban J connectivity index is 1.82. The molecule has 0 atom stereocenters. The first-order valence-corrected chi connectivity index (χ1v) is 8.75. The standard InChI is InChI=1S/C18H19N3OS/c1-22-14-8-4-2-6-12(14)10-21-11-20-18-16(17(21)19)13-7-3-5-9-15(13)23-18/h2,4,6,8,11,19H,3,5,7,9-10H2,1H3. The molecule has 1 aliphatic rings. The van der Waals surface area contributed by atoms with Crippen LogP contribution in [-0.4, -0.2) is 16.7 Å². The van der Waals surface area contributed by atoms with Gasteiger partial charge in [-0.2, -0.15) is 0 Å². The lowest BCUT2D eigenvalue weighted by Gasteiger charge is -2.12. The number of methoxy groups -OCH3 is 1. The summed E-state index contributed by atoms with van der Waals surface area (Å²) in [6, 6.07) is 7.96. The number of hydrogen-bond acceptors (Lipinski definition) is 4. The molecular weight excluding hydrogens is 306 g/mol. The molecule has 23 heavy (non-hydrogen) atoms. The molecule has 3 aromatic rings. The summed E-state index contributed by atoms with van der Waals surface area (Å²) < 4.78 is 7.35. The van der Waals surface area contributed by atoms with Gasteiger partial charge >= 0.3 is 0 Å². The lowest BCUT2D eigenvalue weighted by atomic mass is 9.97. The minimum absolute atomic E-state index is 0.570. The van der Waals surface area contributed by atoms with Gasteiger partial charge in [0.05, 0.1) is 25.4 Å². The van der Waals surface area contributed by atoms with E-state index >= 15 is 0 Å². The zero-order valence-electron chi connectivity index (χ0n) is 13.1. The van der Waals surface area contributed by atoms with Crippen molar-refractivity contribution in [1.29, 1.82) is 5.41 Å². The Labute approximate surface area is 138 Å². The molecule has 0 saturated carbocycles. The number of ether oxygens (including phenoxy) is 1. The fraction of sp³-hybridized carbons (Fsp3) is 0.333. The minimum atomic E-state index is 0.570.